The zero-order chi connectivity index (χ0) is 17.9. The molecule has 0 aromatic carbocycles. The van der Waals surface area contributed by atoms with E-state index in [0.717, 1.165) is 25.3 Å². The molecular weight excluding hydrogens is 369 g/mol. The molecule has 8 heteroatoms. The lowest BCUT2D eigenvalue weighted by atomic mass is 10.1. The van der Waals surface area contributed by atoms with Crippen LogP contribution >= 0.6 is 23.1 Å². The van der Waals surface area contributed by atoms with Gasteiger partial charge >= 0.3 is 6.18 Å². The largest absolute Gasteiger partial charge is 0.417 e. The molecule has 0 unspecified atom stereocenters. The molecule has 0 saturated carbocycles. The lowest BCUT2D eigenvalue weighted by molar-refractivity contribution is -0.138. The van der Waals surface area contributed by atoms with Crippen LogP contribution in [-0.2, 0) is 10.9 Å². The molecule has 1 atom stereocenters. The summed E-state index contributed by atoms with van der Waals surface area (Å²) in [4.78, 5) is 4.98. The molecule has 0 bridgehead atoms. The molecule has 0 radical (unpaired) electrons. The first-order valence-corrected chi connectivity index (χ1v) is 9.66. The number of thioether (sulfide) groups is 1. The third kappa shape index (κ3) is 4.35. The summed E-state index contributed by atoms with van der Waals surface area (Å²) < 4.78 is 45.9. The number of hydrogen-bond acceptors (Lipinski definition) is 5. The lowest BCUT2D eigenvalue weighted by Crippen LogP contribution is -2.21. The number of rotatable bonds is 4. The second kappa shape index (κ2) is 7.77. The van der Waals surface area contributed by atoms with Gasteiger partial charge in [0.15, 0.2) is 0 Å². The predicted octanol–water partition coefficient (Wildman–Crippen LogP) is 5.36. The summed E-state index contributed by atoms with van der Waals surface area (Å²) in [6.07, 6.45) is -1.67. The zero-order valence-corrected chi connectivity index (χ0v) is 14.8. The maximum absolute atomic E-state index is 13.4. The van der Waals surface area contributed by atoms with Gasteiger partial charge in [-0.25, -0.2) is 4.98 Å². The molecule has 2 aromatic heterocycles. The number of ether oxygens (including phenoxy) is 1. The number of hydrogen-bond donors (Lipinski definition) is 0. The van der Waals surface area contributed by atoms with Gasteiger partial charge in [-0.05, 0) is 36.8 Å². The van der Waals surface area contributed by atoms with E-state index in [2.05, 4.69) is 4.98 Å². The van der Waals surface area contributed by atoms with Crippen LogP contribution in [0.25, 0.3) is 10.6 Å². The van der Waals surface area contributed by atoms with Crippen LogP contribution in [0, 0.1) is 11.3 Å². The molecular formula is C17H15F3N2OS2. The van der Waals surface area contributed by atoms with E-state index in [9.17, 15) is 18.4 Å². The Balaban J connectivity index is 1.96. The Kier molecular flexibility index (Phi) is 5.67. The molecule has 0 amide bonds. The first-order chi connectivity index (χ1) is 12.0. The highest BCUT2D eigenvalue weighted by atomic mass is 32.2. The highest BCUT2D eigenvalue weighted by Gasteiger charge is 2.36. The maximum atomic E-state index is 13.4. The van der Waals surface area contributed by atoms with Gasteiger partial charge < -0.3 is 4.74 Å². The average Bonchev–Trinajstić information content (AvgIpc) is 3.14. The molecule has 0 spiro atoms. The van der Waals surface area contributed by atoms with Crippen molar-refractivity contribution in [3.8, 4) is 16.6 Å². The normalized spacial score (nSPS) is 18.1. The summed E-state index contributed by atoms with van der Waals surface area (Å²) in [5.74, 6) is 0.493. The molecule has 1 aliphatic rings. The van der Waals surface area contributed by atoms with Crippen LogP contribution in [0.2, 0.25) is 0 Å². The highest BCUT2D eigenvalue weighted by Crippen LogP contribution is 2.39. The van der Waals surface area contributed by atoms with Crippen molar-refractivity contribution in [3.63, 3.8) is 0 Å². The maximum Gasteiger partial charge on any atom is 0.417 e. The van der Waals surface area contributed by atoms with Crippen LogP contribution in [0.4, 0.5) is 13.2 Å². The highest BCUT2D eigenvalue weighted by molar-refractivity contribution is 7.99. The summed E-state index contributed by atoms with van der Waals surface area (Å²) in [6, 6.07) is 6.13. The number of alkyl halides is 3. The molecule has 1 saturated heterocycles. The summed E-state index contributed by atoms with van der Waals surface area (Å²) in [7, 11) is 0. The van der Waals surface area contributed by atoms with Gasteiger partial charge in [0.1, 0.15) is 11.1 Å². The molecule has 1 fully saturated rings. The van der Waals surface area contributed by atoms with Crippen molar-refractivity contribution in [3.05, 3.63) is 34.7 Å². The molecule has 1 aliphatic heterocycles. The summed E-state index contributed by atoms with van der Waals surface area (Å²) >= 11 is 2.48. The fourth-order valence-electron chi connectivity index (χ4n) is 2.62. The molecule has 2 aromatic rings. The van der Waals surface area contributed by atoms with Crippen LogP contribution < -0.4 is 0 Å². The minimum absolute atomic E-state index is 0.00757. The Morgan fingerprint density at radius 3 is 2.84 bits per heavy atom. The van der Waals surface area contributed by atoms with Gasteiger partial charge in [0.25, 0.3) is 0 Å². The van der Waals surface area contributed by atoms with Gasteiger partial charge in [0, 0.05) is 12.4 Å². The molecule has 3 nitrogen and oxygen atoms in total. The van der Waals surface area contributed by atoms with Crippen molar-refractivity contribution in [1.29, 1.82) is 5.26 Å². The van der Waals surface area contributed by atoms with Crippen molar-refractivity contribution in [2.75, 3.05) is 12.4 Å². The van der Waals surface area contributed by atoms with Crippen molar-refractivity contribution in [2.45, 2.75) is 36.6 Å². The number of halogens is 3. The van der Waals surface area contributed by atoms with Crippen molar-refractivity contribution < 1.29 is 17.9 Å². The number of pyridine rings is 1. The van der Waals surface area contributed by atoms with Crippen molar-refractivity contribution in [1.82, 2.24) is 4.98 Å². The molecule has 0 N–H and O–H groups in total. The van der Waals surface area contributed by atoms with Gasteiger partial charge in [-0.3, -0.25) is 0 Å². The fraction of sp³-hybridized carbons (Fsp3) is 0.412. The van der Waals surface area contributed by atoms with E-state index in [1.165, 1.54) is 23.1 Å². The third-order valence-electron chi connectivity index (χ3n) is 3.86. The number of aromatic nitrogens is 1. The Morgan fingerprint density at radius 1 is 1.40 bits per heavy atom. The van der Waals surface area contributed by atoms with Crippen LogP contribution in [0.5, 0.6) is 0 Å². The lowest BCUT2D eigenvalue weighted by Gasteiger charge is -2.22. The van der Waals surface area contributed by atoms with Crippen molar-refractivity contribution >= 4 is 23.1 Å². The first-order valence-electron chi connectivity index (χ1n) is 7.79. The van der Waals surface area contributed by atoms with E-state index in [0.29, 0.717) is 17.2 Å². The molecule has 0 aliphatic carbocycles. The van der Waals surface area contributed by atoms with E-state index in [4.69, 9.17) is 4.74 Å². The second-order valence-corrected chi connectivity index (χ2v) is 7.58. The third-order valence-corrected chi connectivity index (χ3v) is 5.86. The van der Waals surface area contributed by atoms with Crippen LogP contribution in [0.15, 0.2) is 28.6 Å². The van der Waals surface area contributed by atoms with Gasteiger partial charge in [-0.1, -0.05) is 6.07 Å². The topological polar surface area (TPSA) is 45.9 Å². The number of thiophene rings is 1. The monoisotopic (exact) mass is 384 g/mol. The predicted molar refractivity (Wildman–Crippen MR) is 91.6 cm³/mol. The van der Waals surface area contributed by atoms with E-state index >= 15 is 0 Å². The van der Waals surface area contributed by atoms with E-state index in [1.807, 2.05) is 0 Å². The van der Waals surface area contributed by atoms with Crippen molar-refractivity contribution in [2.24, 2.45) is 0 Å². The smallest absolute Gasteiger partial charge is 0.377 e. The Morgan fingerprint density at radius 2 is 2.24 bits per heavy atom. The van der Waals surface area contributed by atoms with E-state index in [-0.39, 0.29) is 16.8 Å². The minimum Gasteiger partial charge on any atom is -0.377 e. The van der Waals surface area contributed by atoms with Gasteiger partial charge in [-0.15, -0.1) is 23.1 Å². The fourth-order valence-corrected chi connectivity index (χ4v) is 4.37. The molecule has 25 heavy (non-hydrogen) atoms. The molecule has 3 heterocycles. The quantitative estimate of drug-likeness (QED) is 0.666. The zero-order valence-electron chi connectivity index (χ0n) is 13.2. The Labute approximate surface area is 151 Å². The van der Waals surface area contributed by atoms with E-state index < -0.39 is 17.3 Å². The minimum atomic E-state index is -4.60. The average molecular weight is 384 g/mol. The van der Waals surface area contributed by atoms with Gasteiger partial charge in [0.05, 0.1) is 27.8 Å². The first kappa shape index (κ1) is 18.2. The van der Waals surface area contributed by atoms with Gasteiger partial charge in [-0.2, -0.15) is 18.4 Å². The van der Waals surface area contributed by atoms with Crippen LogP contribution in [0.1, 0.15) is 30.4 Å². The summed E-state index contributed by atoms with van der Waals surface area (Å²) in [6.45, 7) is 0.673. The number of nitrogens with zero attached hydrogens (tertiary/aromatic N) is 2. The summed E-state index contributed by atoms with van der Waals surface area (Å²) in [5, 5.41) is 11.2. The number of nitriles is 1. The second-order valence-electron chi connectivity index (χ2n) is 5.62. The Bertz CT molecular complexity index is 763. The summed E-state index contributed by atoms with van der Waals surface area (Å²) in [5.41, 5.74) is -1.09. The van der Waals surface area contributed by atoms with Gasteiger partial charge in [0.2, 0.25) is 0 Å². The van der Waals surface area contributed by atoms with E-state index in [1.54, 1.807) is 23.6 Å². The SMILES string of the molecule is N#Cc1c(C(F)(F)F)cc(-c2cccs2)nc1SC[C@H]1CCCCO1. The Hall–Kier alpha value is -1.56. The van der Waals surface area contributed by atoms with Crippen LogP contribution in [-0.4, -0.2) is 23.4 Å². The standard InChI is InChI=1S/C17H15F3N2OS2/c18-17(19,20)13-8-14(15-5-3-7-24-15)22-16(12(13)9-21)25-10-11-4-1-2-6-23-11/h3,5,7-8,11H,1-2,4,6,10H2/t11-/m1/s1. The van der Waals surface area contributed by atoms with Crippen LogP contribution in [0.3, 0.4) is 0 Å². The molecule has 132 valence electrons. The molecule has 3 rings (SSSR count).